The Kier molecular flexibility index (Phi) is 4.45. The van der Waals surface area contributed by atoms with Gasteiger partial charge in [0.05, 0.1) is 11.3 Å². The molecule has 0 saturated carbocycles. The van der Waals surface area contributed by atoms with Gasteiger partial charge in [0, 0.05) is 18.2 Å². The van der Waals surface area contributed by atoms with Crippen LogP contribution in [0.15, 0.2) is 30.3 Å². The number of nitrogens with one attached hydrogen (secondary N) is 1. The first kappa shape index (κ1) is 15.3. The maximum absolute atomic E-state index is 12.8. The number of hydrogen-bond donors (Lipinski definition) is 1. The lowest BCUT2D eigenvalue weighted by Crippen LogP contribution is -2.06. The largest absolute Gasteiger partial charge is 0.416 e. The van der Waals surface area contributed by atoms with Crippen LogP contribution in [0.4, 0.5) is 19.0 Å². The Morgan fingerprint density at radius 1 is 1.14 bits per heavy atom. The summed E-state index contributed by atoms with van der Waals surface area (Å²) in [4.78, 5) is 8.44. The molecule has 0 spiro atoms. The van der Waals surface area contributed by atoms with Crippen LogP contribution in [-0.2, 0) is 6.18 Å². The zero-order valence-electron chi connectivity index (χ0n) is 11.8. The predicted octanol–water partition coefficient (Wildman–Crippen LogP) is 4.29. The van der Waals surface area contributed by atoms with E-state index in [1.165, 1.54) is 6.07 Å². The summed E-state index contributed by atoms with van der Waals surface area (Å²) in [6.45, 7) is 4.49. The van der Waals surface area contributed by atoms with Crippen LogP contribution >= 0.6 is 0 Å². The molecule has 0 atom stereocenters. The van der Waals surface area contributed by atoms with Gasteiger partial charge in [0.25, 0.3) is 0 Å². The number of hydrogen-bond acceptors (Lipinski definition) is 3. The molecule has 1 N–H and O–H groups in total. The topological polar surface area (TPSA) is 37.8 Å². The zero-order chi connectivity index (χ0) is 15.5. The van der Waals surface area contributed by atoms with Crippen LogP contribution in [0, 0.1) is 6.92 Å². The summed E-state index contributed by atoms with van der Waals surface area (Å²) in [6, 6.07) is 6.81. The third kappa shape index (κ3) is 3.93. The molecule has 0 unspecified atom stereocenters. The molecule has 2 rings (SSSR count). The molecule has 1 aromatic heterocycles. The van der Waals surface area contributed by atoms with Gasteiger partial charge < -0.3 is 5.32 Å². The quantitative estimate of drug-likeness (QED) is 0.914. The van der Waals surface area contributed by atoms with Crippen LogP contribution < -0.4 is 5.32 Å². The van der Waals surface area contributed by atoms with Gasteiger partial charge in [-0.3, -0.25) is 0 Å². The van der Waals surface area contributed by atoms with Crippen LogP contribution in [0.2, 0.25) is 0 Å². The monoisotopic (exact) mass is 295 g/mol. The van der Waals surface area contributed by atoms with E-state index in [-0.39, 0.29) is 0 Å². The van der Waals surface area contributed by atoms with E-state index in [0.717, 1.165) is 25.1 Å². The van der Waals surface area contributed by atoms with Crippen LogP contribution in [0.1, 0.15) is 24.7 Å². The Morgan fingerprint density at radius 2 is 1.90 bits per heavy atom. The van der Waals surface area contributed by atoms with E-state index in [1.807, 2.05) is 6.92 Å². The predicted molar refractivity (Wildman–Crippen MR) is 76.0 cm³/mol. The fraction of sp³-hybridized carbons (Fsp3) is 0.333. The van der Waals surface area contributed by atoms with Crippen molar-refractivity contribution in [2.24, 2.45) is 0 Å². The number of benzene rings is 1. The standard InChI is InChI=1S/C15H16F3N3/c1-3-7-19-14-9-13(20-10(2)21-14)11-5-4-6-12(8-11)15(16,17)18/h4-6,8-9H,3,7H2,1-2H3,(H,19,20,21). The van der Waals surface area contributed by atoms with Gasteiger partial charge in [-0.25, -0.2) is 9.97 Å². The highest BCUT2D eigenvalue weighted by molar-refractivity contribution is 5.63. The Balaban J connectivity index is 2.39. The first-order valence-corrected chi connectivity index (χ1v) is 6.67. The minimum atomic E-state index is -4.36. The van der Waals surface area contributed by atoms with Crippen molar-refractivity contribution in [3.63, 3.8) is 0 Å². The van der Waals surface area contributed by atoms with E-state index < -0.39 is 11.7 Å². The number of aryl methyl sites for hydroxylation is 1. The molecular weight excluding hydrogens is 279 g/mol. The van der Waals surface area contributed by atoms with Crippen molar-refractivity contribution in [2.75, 3.05) is 11.9 Å². The number of nitrogens with zero attached hydrogens (tertiary/aromatic N) is 2. The number of halogens is 3. The SMILES string of the molecule is CCCNc1cc(-c2cccc(C(F)(F)F)c2)nc(C)n1. The van der Waals surface area contributed by atoms with E-state index in [0.29, 0.717) is 22.9 Å². The van der Waals surface area contributed by atoms with E-state index in [9.17, 15) is 13.2 Å². The maximum atomic E-state index is 12.8. The first-order valence-electron chi connectivity index (χ1n) is 6.67. The summed E-state index contributed by atoms with van der Waals surface area (Å²) in [5.41, 5.74) is 0.224. The zero-order valence-corrected chi connectivity index (χ0v) is 11.8. The third-order valence-electron chi connectivity index (χ3n) is 2.88. The smallest absolute Gasteiger partial charge is 0.370 e. The van der Waals surface area contributed by atoms with Gasteiger partial charge in [-0.1, -0.05) is 19.1 Å². The molecule has 0 aliphatic carbocycles. The molecule has 1 heterocycles. The fourth-order valence-electron chi connectivity index (χ4n) is 1.91. The molecule has 0 fully saturated rings. The molecule has 0 saturated heterocycles. The highest BCUT2D eigenvalue weighted by atomic mass is 19.4. The molecule has 3 nitrogen and oxygen atoms in total. The molecule has 1 aromatic carbocycles. The van der Waals surface area contributed by atoms with Gasteiger partial charge in [0.1, 0.15) is 11.6 Å². The molecule has 21 heavy (non-hydrogen) atoms. The van der Waals surface area contributed by atoms with Crippen LogP contribution in [0.3, 0.4) is 0 Å². The Morgan fingerprint density at radius 3 is 2.57 bits per heavy atom. The second-order valence-electron chi connectivity index (χ2n) is 4.69. The minimum absolute atomic E-state index is 0.426. The number of anilines is 1. The molecule has 0 aliphatic rings. The third-order valence-corrected chi connectivity index (χ3v) is 2.88. The molecule has 6 heteroatoms. The summed E-state index contributed by atoms with van der Waals surface area (Å²) in [5, 5.41) is 3.12. The Labute approximate surface area is 121 Å². The van der Waals surface area contributed by atoms with E-state index in [2.05, 4.69) is 15.3 Å². The minimum Gasteiger partial charge on any atom is -0.370 e. The first-order chi connectivity index (χ1) is 9.90. The van der Waals surface area contributed by atoms with Gasteiger partial charge in [0.15, 0.2) is 0 Å². The summed E-state index contributed by atoms with van der Waals surface area (Å²) in [5.74, 6) is 1.14. The van der Waals surface area contributed by atoms with Crippen molar-refractivity contribution in [1.82, 2.24) is 9.97 Å². The van der Waals surface area contributed by atoms with Gasteiger partial charge in [0.2, 0.25) is 0 Å². The van der Waals surface area contributed by atoms with Gasteiger partial charge >= 0.3 is 6.18 Å². The van der Waals surface area contributed by atoms with Crippen molar-refractivity contribution in [2.45, 2.75) is 26.4 Å². The van der Waals surface area contributed by atoms with Crippen molar-refractivity contribution >= 4 is 5.82 Å². The van der Waals surface area contributed by atoms with Crippen molar-refractivity contribution in [1.29, 1.82) is 0 Å². The average molecular weight is 295 g/mol. The van der Waals surface area contributed by atoms with E-state index >= 15 is 0 Å². The number of rotatable bonds is 4. The van der Waals surface area contributed by atoms with Crippen LogP contribution in [0.25, 0.3) is 11.3 Å². The molecular formula is C15H16F3N3. The Hall–Kier alpha value is -2.11. The molecule has 0 radical (unpaired) electrons. The second-order valence-corrected chi connectivity index (χ2v) is 4.69. The highest BCUT2D eigenvalue weighted by Gasteiger charge is 2.30. The van der Waals surface area contributed by atoms with Gasteiger partial charge in [-0.15, -0.1) is 0 Å². The molecule has 112 valence electrons. The van der Waals surface area contributed by atoms with E-state index in [4.69, 9.17) is 0 Å². The van der Waals surface area contributed by atoms with Crippen molar-refractivity contribution in [3.05, 3.63) is 41.7 Å². The molecule has 0 aliphatic heterocycles. The summed E-state index contributed by atoms with van der Waals surface area (Å²) in [7, 11) is 0. The molecule has 0 bridgehead atoms. The number of aromatic nitrogens is 2. The lowest BCUT2D eigenvalue weighted by Gasteiger charge is -2.10. The van der Waals surface area contributed by atoms with E-state index in [1.54, 1.807) is 19.1 Å². The van der Waals surface area contributed by atoms with Gasteiger partial charge in [-0.2, -0.15) is 13.2 Å². The normalized spacial score (nSPS) is 11.5. The fourth-order valence-corrected chi connectivity index (χ4v) is 1.91. The highest BCUT2D eigenvalue weighted by Crippen LogP contribution is 2.32. The van der Waals surface area contributed by atoms with Crippen LogP contribution in [0.5, 0.6) is 0 Å². The second kappa shape index (κ2) is 6.11. The lowest BCUT2D eigenvalue weighted by molar-refractivity contribution is -0.137. The average Bonchev–Trinajstić information content (AvgIpc) is 2.44. The molecule has 0 amide bonds. The summed E-state index contributed by atoms with van der Waals surface area (Å²) < 4.78 is 38.3. The number of alkyl halides is 3. The summed E-state index contributed by atoms with van der Waals surface area (Å²) in [6.07, 6.45) is -3.43. The van der Waals surface area contributed by atoms with Gasteiger partial charge in [-0.05, 0) is 25.5 Å². The van der Waals surface area contributed by atoms with Crippen molar-refractivity contribution in [3.8, 4) is 11.3 Å². The van der Waals surface area contributed by atoms with Crippen LogP contribution in [-0.4, -0.2) is 16.5 Å². The van der Waals surface area contributed by atoms with Crippen molar-refractivity contribution < 1.29 is 13.2 Å². The lowest BCUT2D eigenvalue weighted by atomic mass is 10.1. The summed E-state index contributed by atoms with van der Waals surface area (Å²) >= 11 is 0. The maximum Gasteiger partial charge on any atom is 0.416 e. The molecule has 2 aromatic rings. The Bertz CT molecular complexity index is 624.